The Kier molecular flexibility index (Phi) is 18.2. The van der Waals surface area contributed by atoms with Gasteiger partial charge in [0.1, 0.15) is 6.61 Å². The Hall–Kier alpha value is 0.226. The summed E-state index contributed by atoms with van der Waals surface area (Å²) in [6.07, 6.45) is 4.11. The zero-order chi connectivity index (χ0) is 17.1. The molecule has 0 saturated carbocycles. The molecule has 0 aliphatic carbocycles. The van der Waals surface area contributed by atoms with E-state index in [1.165, 1.54) is 13.0 Å². The summed E-state index contributed by atoms with van der Waals surface area (Å²) in [4.78, 5) is 21.5. The second-order valence-electron chi connectivity index (χ2n) is 4.28. The van der Waals surface area contributed by atoms with Gasteiger partial charge in [-0.3, -0.25) is 9.35 Å². The van der Waals surface area contributed by atoms with Crippen molar-refractivity contribution in [1.82, 2.24) is 0 Å². The average Bonchev–Trinajstić information content (AvgIpc) is 2.34. The van der Waals surface area contributed by atoms with Crippen LogP contribution >= 0.6 is 0 Å². The van der Waals surface area contributed by atoms with Crippen LogP contribution in [0.1, 0.15) is 33.6 Å². The number of carbonyl (C=O) groups excluding carboxylic acids is 1. The van der Waals surface area contributed by atoms with Crippen LogP contribution < -0.4 is 51.4 Å². The van der Waals surface area contributed by atoms with Crippen LogP contribution in [-0.2, 0) is 24.4 Å². The number of aliphatic carboxylic acids is 1. The Morgan fingerprint density at radius 1 is 1.36 bits per heavy atom. The van der Waals surface area contributed by atoms with E-state index in [1.807, 2.05) is 6.92 Å². The van der Waals surface area contributed by atoms with Gasteiger partial charge in [-0.15, -0.1) is 0 Å². The maximum Gasteiger partial charge on any atom is 1.00 e. The van der Waals surface area contributed by atoms with Crippen molar-refractivity contribution in [2.24, 2.45) is 5.92 Å². The first-order valence-electron chi connectivity index (χ1n) is 6.37. The number of hydrogen-bond acceptors (Lipinski definition) is 5. The predicted octanol–water partition coefficient (Wildman–Crippen LogP) is -1.29. The normalized spacial score (nSPS) is 13.3. The summed E-state index contributed by atoms with van der Waals surface area (Å²) in [5.74, 6) is -2.00. The molecule has 2 N–H and O–H groups in total. The van der Waals surface area contributed by atoms with E-state index in [-0.39, 0.29) is 58.0 Å². The molecule has 9 heteroatoms. The molecule has 0 aliphatic heterocycles. The smallest absolute Gasteiger partial charge is 0.481 e. The van der Waals surface area contributed by atoms with Crippen LogP contribution in [0.2, 0.25) is 0 Å². The maximum atomic E-state index is 10.9. The van der Waals surface area contributed by atoms with E-state index < -0.39 is 33.2 Å². The van der Waals surface area contributed by atoms with E-state index in [2.05, 4.69) is 6.92 Å². The van der Waals surface area contributed by atoms with Gasteiger partial charge in [0.15, 0.2) is 0 Å². The van der Waals surface area contributed by atoms with Crippen LogP contribution in [0.4, 0.5) is 0 Å². The topological polar surface area (TPSA) is 118 Å². The number of allylic oxidation sites excluding steroid dienone is 1. The van der Waals surface area contributed by atoms with Crippen molar-refractivity contribution in [2.75, 3.05) is 6.61 Å². The minimum absolute atomic E-state index is 0. The van der Waals surface area contributed by atoms with Crippen LogP contribution in [0.25, 0.3) is 0 Å². The molecule has 0 saturated heterocycles. The molecule has 0 aromatic carbocycles. The maximum absolute atomic E-state index is 10.9. The Morgan fingerprint density at radius 2 is 1.82 bits per heavy atom. The summed E-state index contributed by atoms with van der Waals surface area (Å²) in [5, 5.41) is 7.81. The van der Waals surface area contributed by atoms with E-state index >= 15 is 0 Å². The Morgan fingerprint density at radius 3 is 2.09 bits per heavy atom. The van der Waals surface area contributed by atoms with E-state index in [0.29, 0.717) is 6.42 Å². The number of hydrogen-bond donors (Lipinski definition) is 2. The fourth-order valence-electron chi connectivity index (χ4n) is 0.993. The van der Waals surface area contributed by atoms with Crippen molar-refractivity contribution in [3.05, 3.63) is 19.1 Å². The Labute approximate surface area is 174 Å². The average molecular weight is 362 g/mol. The van der Waals surface area contributed by atoms with E-state index in [9.17, 15) is 18.0 Å². The molecule has 7 nitrogen and oxygen atoms in total. The van der Waals surface area contributed by atoms with Gasteiger partial charge in [0.2, 0.25) is 10.1 Å². The second kappa shape index (κ2) is 14.8. The van der Waals surface area contributed by atoms with Gasteiger partial charge in [-0.2, -0.15) is 0 Å². The molecular weight excluding hydrogens is 339 g/mol. The van der Waals surface area contributed by atoms with E-state index in [4.69, 9.17) is 14.4 Å². The summed E-state index contributed by atoms with van der Waals surface area (Å²) in [7, 11) is -3.85. The summed E-state index contributed by atoms with van der Waals surface area (Å²) < 4.78 is 32.4. The van der Waals surface area contributed by atoms with Gasteiger partial charge in [0.05, 0.1) is 5.92 Å². The van der Waals surface area contributed by atoms with Gasteiger partial charge in [0, 0.05) is 6.08 Å². The van der Waals surface area contributed by atoms with E-state index in [0.717, 1.165) is 6.42 Å². The molecule has 2 unspecified atom stereocenters. The molecular formula is C13H23KO7S. The van der Waals surface area contributed by atoms with Crippen molar-refractivity contribution in [3.8, 4) is 0 Å². The number of esters is 1. The van der Waals surface area contributed by atoms with Gasteiger partial charge >= 0.3 is 63.3 Å². The summed E-state index contributed by atoms with van der Waals surface area (Å²) >= 11 is 0. The molecule has 22 heavy (non-hydrogen) atoms. The third-order valence-corrected chi connectivity index (χ3v) is 3.24. The summed E-state index contributed by atoms with van der Waals surface area (Å²) in [5.41, 5.74) is 0. The Balaban J connectivity index is -0.000000385. The van der Waals surface area contributed by atoms with Crippen molar-refractivity contribution >= 4 is 22.1 Å². The van der Waals surface area contributed by atoms with Crippen LogP contribution in [0, 0.1) is 12.8 Å². The molecule has 0 aromatic rings. The van der Waals surface area contributed by atoms with Crippen LogP contribution in [0.3, 0.4) is 0 Å². The number of carbonyl (C=O) groups is 2. The molecule has 0 fully saturated rings. The number of carboxylic acids is 1. The molecule has 2 atom stereocenters. The minimum Gasteiger partial charge on any atom is -0.481 e. The first kappa shape index (κ1) is 27.1. The second-order valence-corrected chi connectivity index (χ2v) is 6.11. The largest absolute Gasteiger partial charge is 1.00 e. The first-order valence-corrected chi connectivity index (χ1v) is 7.88. The Bertz CT molecular complexity index is 443. The van der Waals surface area contributed by atoms with Crippen molar-refractivity contribution < 1.29 is 83.8 Å². The standard InChI is InChI=1S/C10H16O4.C3H7O3S.K/c1-3-5-8(10(12)13)7-14-9(11)6-4-2;1-3(2)7(4,5)6;/h4,6,8H,3,5,7H2,1-2H3,(H,12,13);3H,1H2,2H3,(H,4,5,6);/q;-1;+1. The minimum atomic E-state index is -3.85. The van der Waals surface area contributed by atoms with Gasteiger partial charge in [-0.1, -0.05) is 26.3 Å². The molecule has 0 heterocycles. The molecule has 0 bridgehead atoms. The van der Waals surface area contributed by atoms with Gasteiger partial charge in [0.25, 0.3) is 0 Å². The number of ether oxygens (including phenoxy) is 1. The molecule has 124 valence electrons. The van der Waals surface area contributed by atoms with Crippen LogP contribution in [-0.4, -0.2) is 41.9 Å². The van der Waals surface area contributed by atoms with Crippen LogP contribution in [0.5, 0.6) is 0 Å². The summed E-state index contributed by atoms with van der Waals surface area (Å²) in [6, 6.07) is 0. The van der Waals surface area contributed by atoms with Gasteiger partial charge < -0.3 is 16.8 Å². The molecule has 0 aliphatic rings. The van der Waals surface area contributed by atoms with E-state index in [1.54, 1.807) is 13.0 Å². The van der Waals surface area contributed by atoms with Crippen molar-refractivity contribution in [3.63, 3.8) is 0 Å². The molecule has 0 radical (unpaired) electrons. The zero-order valence-corrected chi connectivity index (χ0v) is 17.4. The molecule has 0 aromatic heterocycles. The molecule has 0 rings (SSSR count). The third kappa shape index (κ3) is 16.6. The molecule has 0 spiro atoms. The third-order valence-electron chi connectivity index (χ3n) is 2.22. The predicted molar refractivity (Wildman–Crippen MR) is 78.2 cm³/mol. The number of carboxylic acid groups (broad SMARTS) is 1. The summed E-state index contributed by atoms with van der Waals surface area (Å²) in [6.45, 7) is 7.91. The van der Waals surface area contributed by atoms with Crippen LogP contribution in [0.15, 0.2) is 12.2 Å². The SMILES string of the molecule is CC=CC(=O)OCC(CCC)C(=O)O.[CH2-]C(C)S(=O)(=O)O.[K+]. The van der Waals surface area contributed by atoms with Crippen molar-refractivity contribution in [2.45, 2.75) is 38.9 Å². The van der Waals surface area contributed by atoms with Crippen molar-refractivity contribution in [1.29, 1.82) is 0 Å². The van der Waals surface area contributed by atoms with Gasteiger partial charge in [-0.25, -0.2) is 13.2 Å². The molecule has 0 amide bonds. The fraction of sp³-hybridized carbons (Fsp3) is 0.615. The quantitative estimate of drug-likeness (QED) is 0.190. The fourth-order valence-corrected chi connectivity index (χ4v) is 0.993. The number of rotatable bonds is 7. The monoisotopic (exact) mass is 362 g/mol. The zero-order valence-electron chi connectivity index (χ0n) is 13.5. The van der Waals surface area contributed by atoms with Gasteiger partial charge in [-0.05, 0) is 18.6 Å². The first-order chi connectivity index (χ1) is 9.56.